The zero-order chi connectivity index (χ0) is 16.2. The van der Waals surface area contributed by atoms with Gasteiger partial charge in [0.25, 0.3) is 0 Å². The minimum Gasteiger partial charge on any atom is -0.325 e. The van der Waals surface area contributed by atoms with E-state index in [1.165, 1.54) is 0 Å². The zero-order valence-corrected chi connectivity index (χ0v) is 15.1. The number of carbonyl (C=O) groups is 1. The van der Waals surface area contributed by atoms with Gasteiger partial charge in [-0.15, -0.1) is 0 Å². The highest BCUT2D eigenvalue weighted by Crippen LogP contribution is 2.27. The summed E-state index contributed by atoms with van der Waals surface area (Å²) < 4.78 is 0. The average Bonchev–Trinajstić information content (AvgIpc) is 2.62. The number of hydrogen-bond acceptors (Lipinski definition) is 2. The minimum atomic E-state index is 0.0292. The van der Waals surface area contributed by atoms with Gasteiger partial charge >= 0.3 is 0 Å². The SMILES string of the molecule is CCCC1NC(CC(C)C)C(=O)N1CC(C(C)C)C(C)C. The molecular formula is C18H36N2O. The van der Waals surface area contributed by atoms with Crippen LogP contribution < -0.4 is 5.32 Å². The van der Waals surface area contributed by atoms with Gasteiger partial charge in [-0.1, -0.05) is 54.9 Å². The van der Waals surface area contributed by atoms with Gasteiger partial charge in [0.05, 0.1) is 12.2 Å². The molecule has 124 valence electrons. The van der Waals surface area contributed by atoms with Gasteiger partial charge in [0, 0.05) is 6.54 Å². The molecule has 1 rings (SSSR count). The van der Waals surface area contributed by atoms with E-state index in [9.17, 15) is 4.79 Å². The van der Waals surface area contributed by atoms with Gasteiger partial charge in [-0.25, -0.2) is 0 Å². The first kappa shape index (κ1) is 18.5. The largest absolute Gasteiger partial charge is 0.325 e. The normalized spacial score (nSPS) is 23.4. The van der Waals surface area contributed by atoms with Crippen LogP contribution in [0.25, 0.3) is 0 Å². The smallest absolute Gasteiger partial charge is 0.241 e. The molecular weight excluding hydrogens is 260 g/mol. The molecule has 2 atom stereocenters. The Morgan fingerprint density at radius 2 is 1.67 bits per heavy atom. The van der Waals surface area contributed by atoms with Gasteiger partial charge in [-0.3, -0.25) is 10.1 Å². The van der Waals surface area contributed by atoms with Gasteiger partial charge in [0.1, 0.15) is 0 Å². The van der Waals surface area contributed by atoms with Crippen molar-refractivity contribution in [1.82, 2.24) is 10.2 Å². The van der Waals surface area contributed by atoms with Crippen molar-refractivity contribution in [2.75, 3.05) is 6.54 Å². The summed E-state index contributed by atoms with van der Waals surface area (Å²) in [6.45, 7) is 16.6. The van der Waals surface area contributed by atoms with Crippen molar-refractivity contribution < 1.29 is 4.79 Å². The first-order valence-electron chi connectivity index (χ1n) is 8.84. The molecule has 0 saturated carbocycles. The van der Waals surface area contributed by atoms with E-state index in [1.807, 2.05) is 0 Å². The second kappa shape index (κ2) is 8.17. The van der Waals surface area contributed by atoms with E-state index in [4.69, 9.17) is 0 Å². The topological polar surface area (TPSA) is 32.3 Å². The van der Waals surface area contributed by atoms with Crippen LogP contribution in [0.2, 0.25) is 0 Å². The predicted octanol–water partition coefficient (Wildman–Crippen LogP) is 3.89. The van der Waals surface area contributed by atoms with Gasteiger partial charge < -0.3 is 4.90 Å². The zero-order valence-electron chi connectivity index (χ0n) is 15.1. The molecule has 1 fully saturated rings. The lowest BCUT2D eigenvalue weighted by atomic mass is 9.85. The van der Waals surface area contributed by atoms with Crippen molar-refractivity contribution in [3.63, 3.8) is 0 Å². The van der Waals surface area contributed by atoms with Crippen LogP contribution in [0.1, 0.15) is 67.7 Å². The molecule has 1 aliphatic heterocycles. The summed E-state index contributed by atoms with van der Waals surface area (Å²) >= 11 is 0. The molecule has 0 radical (unpaired) electrons. The molecule has 0 spiro atoms. The maximum absolute atomic E-state index is 12.8. The fourth-order valence-corrected chi connectivity index (χ4v) is 3.54. The Kier molecular flexibility index (Phi) is 7.19. The van der Waals surface area contributed by atoms with Gasteiger partial charge in [-0.2, -0.15) is 0 Å². The molecule has 0 aliphatic carbocycles. The number of amides is 1. The van der Waals surface area contributed by atoms with Crippen LogP contribution in [0.4, 0.5) is 0 Å². The molecule has 0 aromatic heterocycles. The molecule has 0 aromatic carbocycles. The fourth-order valence-electron chi connectivity index (χ4n) is 3.54. The van der Waals surface area contributed by atoms with Gasteiger partial charge in [0.2, 0.25) is 5.91 Å². The monoisotopic (exact) mass is 296 g/mol. The Balaban J connectivity index is 2.82. The van der Waals surface area contributed by atoms with Crippen molar-refractivity contribution in [3.05, 3.63) is 0 Å². The van der Waals surface area contributed by atoms with E-state index in [-0.39, 0.29) is 12.2 Å². The molecule has 2 unspecified atom stereocenters. The van der Waals surface area contributed by atoms with Crippen molar-refractivity contribution in [2.24, 2.45) is 23.7 Å². The van der Waals surface area contributed by atoms with Crippen LogP contribution in [0, 0.1) is 23.7 Å². The third kappa shape index (κ3) is 4.98. The van der Waals surface area contributed by atoms with Gasteiger partial charge in [-0.05, 0) is 36.5 Å². The van der Waals surface area contributed by atoms with Gasteiger partial charge in [0.15, 0.2) is 0 Å². The van der Waals surface area contributed by atoms with E-state index < -0.39 is 0 Å². The first-order valence-corrected chi connectivity index (χ1v) is 8.84. The van der Waals surface area contributed by atoms with Crippen LogP contribution >= 0.6 is 0 Å². The lowest BCUT2D eigenvalue weighted by molar-refractivity contribution is -0.131. The Morgan fingerprint density at radius 3 is 2.10 bits per heavy atom. The molecule has 1 N–H and O–H groups in total. The van der Waals surface area contributed by atoms with Crippen LogP contribution in [-0.4, -0.2) is 29.6 Å². The molecule has 0 bridgehead atoms. The maximum Gasteiger partial charge on any atom is 0.241 e. The highest BCUT2D eigenvalue weighted by Gasteiger charge is 2.39. The summed E-state index contributed by atoms with van der Waals surface area (Å²) in [5.74, 6) is 2.69. The van der Waals surface area contributed by atoms with Crippen LogP contribution in [0.5, 0.6) is 0 Å². The second-order valence-electron chi connectivity index (χ2n) is 7.80. The van der Waals surface area contributed by atoms with Crippen LogP contribution in [0.15, 0.2) is 0 Å². The summed E-state index contributed by atoms with van der Waals surface area (Å²) in [5, 5.41) is 3.58. The summed E-state index contributed by atoms with van der Waals surface area (Å²) in [4.78, 5) is 14.9. The third-order valence-corrected chi connectivity index (χ3v) is 4.74. The van der Waals surface area contributed by atoms with Crippen LogP contribution in [0.3, 0.4) is 0 Å². The third-order valence-electron chi connectivity index (χ3n) is 4.74. The molecule has 1 aliphatic rings. The lowest BCUT2D eigenvalue weighted by Crippen LogP contribution is -2.42. The molecule has 1 saturated heterocycles. The van der Waals surface area contributed by atoms with Crippen molar-refractivity contribution in [1.29, 1.82) is 0 Å². The lowest BCUT2D eigenvalue weighted by Gasteiger charge is -2.32. The maximum atomic E-state index is 12.8. The summed E-state index contributed by atoms with van der Waals surface area (Å²) in [6.07, 6.45) is 3.36. The van der Waals surface area contributed by atoms with Crippen LogP contribution in [-0.2, 0) is 4.79 Å². The Bertz CT molecular complexity index is 317. The van der Waals surface area contributed by atoms with Crippen molar-refractivity contribution in [2.45, 2.75) is 79.9 Å². The Labute approximate surface area is 131 Å². The average molecular weight is 296 g/mol. The predicted molar refractivity (Wildman–Crippen MR) is 90.0 cm³/mol. The van der Waals surface area contributed by atoms with E-state index >= 15 is 0 Å². The molecule has 1 amide bonds. The first-order chi connectivity index (χ1) is 9.77. The molecule has 1 heterocycles. The molecule has 21 heavy (non-hydrogen) atoms. The fraction of sp³-hybridized carbons (Fsp3) is 0.944. The Hall–Kier alpha value is -0.570. The summed E-state index contributed by atoms with van der Waals surface area (Å²) in [5.41, 5.74) is 0. The number of nitrogens with zero attached hydrogens (tertiary/aromatic N) is 1. The van der Waals surface area contributed by atoms with E-state index in [1.54, 1.807) is 0 Å². The quantitative estimate of drug-likeness (QED) is 0.737. The number of hydrogen-bond donors (Lipinski definition) is 1. The summed E-state index contributed by atoms with van der Waals surface area (Å²) in [6, 6.07) is 0.0292. The number of rotatable bonds is 8. The minimum absolute atomic E-state index is 0.0292. The highest BCUT2D eigenvalue weighted by molar-refractivity contribution is 5.84. The standard InChI is InChI=1S/C18H36N2O/c1-8-9-17-19-16(10-12(2)3)18(21)20(17)11-15(13(4)5)14(6)7/h12-17,19H,8-11H2,1-7H3. The summed E-state index contributed by atoms with van der Waals surface area (Å²) in [7, 11) is 0. The number of carbonyl (C=O) groups excluding carboxylic acids is 1. The molecule has 0 aromatic rings. The molecule has 3 heteroatoms. The van der Waals surface area contributed by atoms with Crippen molar-refractivity contribution >= 4 is 5.91 Å². The Morgan fingerprint density at radius 1 is 1.10 bits per heavy atom. The van der Waals surface area contributed by atoms with E-state index in [0.717, 1.165) is 25.8 Å². The van der Waals surface area contributed by atoms with E-state index in [0.29, 0.717) is 29.6 Å². The highest BCUT2D eigenvalue weighted by atomic mass is 16.2. The van der Waals surface area contributed by atoms with E-state index in [2.05, 4.69) is 58.7 Å². The number of nitrogens with one attached hydrogen (secondary N) is 1. The molecule has 3 nitrogen and oxygen atoms in total. The second-order valence-corrected chi connectivity index (χ2v) is 7.80. The van der Waals surface area contributed by atoms with Crippen molar-refractivity contribution in [3.8, 4) is 0 Å².